The first-order valence-electron chi connectivity index (χ1n) is 8.48. The highest BCUT2D eigenvalue weighted by Crippen LogP contribution is 2.13. The van der Waals surface area contributed by atoms with E-state index in [1.54, 1.807) is 31.3 Å². The maximum atomic E-state index is 11.7. The van der Waals surface area contributed by atoms with E-state index in [1.165, 1.54) is 12.6 Å². The molecule has 3 N–H and O–H groups in total. The van der Waals surface area contributed by atoms with Crippen molar-refractivity contribution in [3.63, 3.8) is 0 Å². The summed E-state index contributed by atoms with van der Waals surface area (Å²) in [4.78, 5) is 4.48. The van der Waals surface area contributed by atoms with Crippen molar-refractivity contribution in [3.8, 4) is 0 Å². The lowest BCUT2D eigenvalue weighted by atomic mass is 10.0. The molecule has 0 aliphatic rings. The molecule has 0 spiro atoms. The van der Waals surface area contributed by atoms with Crippen LogP contribution in [-0.2, 0) is 16.6 Å². The highest BCUT2D eigenvalue weighted by atomic mass is 32.2. The Morgan fingerprint density at radius 3 is 2.27 bits per heavy atom. The molecule has 1 atom stereocenters. The van der Waals surface area contributed by atoms with E-state index in [1.807, 2.05) is 18.2 Å². The second-order valence-corrected chi connectivity index (χ2v) is 7.86. The fourth-order valence-corrected chi connectivity index (χ4v) is 3.19. The average Bonchev–Trinajstić information content (AvgIpc) is 2.69. The molecule has 6 nitrogen and oxygen atoms in total. The molecule has 0 aliphatic carbocycles. The van der Waals surface area contributed by atoms with Crippen LogP contribution in [0.4, 0.5) is 0 Å². The predicted molar refractivity (Wildman–Crippen MR) is 106 cm³/mol. The molecule has 0 heterocycles. The van der Waals surface area contributed by atoms with Crippen LogP contribution >= 0.6 is 0 Å². The van der Waals surface area contributed by atoms with E-state index in [2.05, 4.69) is 39.4 Å². The summed E-state index contributed by atoms with van der Waals surface area (Å²) in [5, 5.41) is 6.55. The van der Waals surface area contributed by atoms with Gasteiger partial charge in [-0.05, 0) is 36.2 Å². The number of hydrogen-bond acceptors (Lipinski definition) is 3. The highest BCUT2D eigenvalue weighted by Gasteiger charge is 2.10. The zero-order valence-corrected chi connectivity index (χ0v) is 16.2. The summed E-state index contributed by atoms with van der Waals surface area (Å²) in [5.41, 5.74) is 2.25. The van der Waals surface area contributed by atoms with Gasteiger partial charge in [-0.15, -0.1) is 0 Å². The van der Waals surface area contributed by atoms with Crippen LogP contribution in [0.2, 0.25) is 0 Å². The number of rotatable bonds is 7. The maximum Gasteiger partial charge on any atom is 0.240 e. The molecule has 0 bridgehead atoms. The highest BCUT2D eigenvalue weighted by molar-refractivity contribution is 7.89. The van der Waals surface area contributed by atoms with Gasteiger partial charge in [0.15, 0.2) is 5.96 Å². The van der Waals surface area contributed by atoms with Gasteiger partial charge in [0.2, 0.25) is 10.0 Å². The minimum atomic E-state index is -3.40. The van der Waals surface area contributed by atoms with Gasteiger partial charge in [0.05, 0.1) is 4.90 Å². The van der Waals surface area contributed by atoms with Crippen LogP contribution in [-0.4, -0.2) is 35.0 Å². The standard InChI is InChI=1S/C19H26N4O2S/c1-15(17-7-5-4-6-8-17)13-22-19(20-2)23-14-16-9-11-18(12-10-16)26(24,25)21-3/h4-12,15,21H,13-14H2,1-3H3,(H2,20,22,23). The molecule has 0 radical (unpaired) electrons. The smallest absolute Gasteiger partial charge is 0.240 e. The first-order chi connectivity index (χ1) is 12.5. The Balaban J connectivity index is 1.87. The molecule has 0 fully saturated rings. The van der Waals surface area contributed by atoms with Crippen molar-refractivity contribution in [2.24, 2.45) is 4.99 Å². The average molecular weight is 375 g/mol. The molecule has 0 aromatic heterocycles. The van der Waals surface area contributed by atoms with Crippen molar-refractivity contribution >= 4 is 16.0 Å². The molecule has 140 valence electrons. The molecule has 0 saturated heterocycles. The minimum absolute atomic E-state index is 0.253. The summed E-state index contributed by atoms with van der Waals surface area (Å²) in [5.74, 6) is 1.07. The zero-order chi connectivity index (χ0) is 19.0. The summed E-state index contributed by atoms with van der Waals surface area (Å²) in [6.45, 7) is 3.48. The molecule has 26 heavy (non-hydrogen) atoms. The van der Waals surface area contributed by atoms with Gasteiger partial charge >= 0.3 is 0 Å². The molecule has 2 rings (SSSR count). The largest absolute Gasteiger partial charge is 0.356 e. The van der Waals surface area contributed by atoms with E-state index < -0.39 is 10.0 Å². The van der Waals surface area contributed by atoms with Crippen molar-refractivity contribution < 1.29 is 8.42 Å². The quantitative estimate of drug-likeness (QED) is 0.512. The molecule has 0 saturated carbocycles. The third kappa shape index (κ3) is 5.57. The Labute approximate surface area is 155 Å². The predicted octanol–water partition coefficient (Wildman–Crippen LogP) is 2.06. The lowest BCUT2D eigenvalue weighted by molar-refractivity contribution is 0.588. The van der Waals surface area contributed by atoms with E-state index in [9.17, 15) is 8.42 Å². The number of hydrogen-bond donors (Lipinski definition) is 3. The van der Waals surface area contributed by atoms with Crippen LogP contribution in [0.3, 0.4) is 0 Å². The van der Waals surface area contributed by atoms with Crippen LogP contribution in [0.5, 0.6) is 0 Å². The van der Waals surface area contributed by atoms with Gasteiger partial charge in [-0.25, -0.2) is 13.1 Å². The summed E-state index contributed by atoms with van der Waals surface area (Å²) in [6, 6.07) is 17.1. The first kappa shape index (κ1) is 19.9. The van der Waals surface area contributed by atoms with E-state index in [0.717, 1.165) is 12.1 Å². The Bertz CT molecular complexity index is 818. The van der Waals surface area contributed by atoms with Gasteiger partial charge < -0.3 is 10.6 Å². The number of benzene rings is 2. The van der Waals surface area contributed by atoms with E-state index in [0.29, 0.717) is 18.4 Å². The third-order valence-electron chi connectivity index (χ3n) is 4.13. The molecule has 0 amide bonds. The van der Waals surface area contributed by atoms with Crippen LogP contribution < -0.4 is 15.4 Å². The Hall–Kier alpha value is -2.38. The lowest BCUT2D eigenvalue weighted by Crippen LogP contribution is -2.38. The molecular weight excluding hydrogens is 348 g/mol. The minimum Gasteiger partial charge on any atom is -0.356 e. The van der Waals surface area contributed by atoms with Crippen LogP contribution in [0.15, 0.2) is 64.5 Å². The molecule has 2 aromatic carbocycles. The first-order valence-corrected chi connectivity index (χ1v) is 9.96. The van der Waals surface area contributed by atoms with Crippen molar-refractivity contribution in [1.82, 2.24) is 15.4 Å². The summed E-state index contributed by atoms with van der Waals surface area (Å²) < 4.78 is 25.8. The van der Waals surface area contributed by atoms with Gasteiger partial charge in [0.1, 0.15) is 0 Å². The zero-order valence-electron chi connectivity index (χ0n) is 15.4. The number of nitrogens with one attached hydrogen (secondary N) is 3. The van der Waals surface area contributed by atoms with Crippen LogP contribution in [0.1, 0.15) is 24.0 Å². The molecule has 7 heteroatoms. The molecule has 2 aromatic rings. The normalized spacial score (nSPS) is 13.3. The number of guanidine groups is 1. The van der Waals surface area contributed by atoms with Crippen molar-refractivity contribution in [2.45, 2.75) is 24.3 Å². The summed E-state index contributed by atoms with van der Waals surface area (Å²) >= 11 is 0. The maximum absolute atomic E-state index is 11.7. The van der Waals surface area contributed by atoms with E-state index in [4.69, 9.17) is 0 Å². The number of aliphatic imine (C=N–C) groups is 1. The van der Waals surface area contributed by atoms with Gasteiger partial charge in [-0.1, -0.05) is 49.4 Å². The Morgan fingerprint density at radius 2 is 1.69 bits per heavy atom. The third-order valence-corrected chi connectivity index (χ3v) is 5.56. The van der Waals surface area contributed by atoms with Crippen molar-refractivity contribution in [3.05, 3.63) is 65.7 Å². The van der Waals surface area contributed by atoms with E-state index >= 15 is 0 Å². The van der Waals surface area contributed by atoms with E-state index in [-0.39, 0.29) is 4.90 Å². The summed E-state index contributed by atoms with van der Waals surface area (Å²) in [6.07, 6.45) is 0. The van der Waals surface area contributed by atoms with Crippen LogP contribution in [0, 0.1) is 0 Å². The Morgan fingerprint density at radius 1 is 1.04 bits per heavy atom. The van der Waals surface area contributed by atoms with Gasteiger partial charge in [-0.2, -0.15) is 0 Å². The SMILES string of the molecule is CN=C(NCc1ccc(S(=O)(=O)NC)cc1)NCC(C)c1ccccc1. The Kier molecular flexibility index (Phi) is 7.17. The van der Waals surface area contributed by atoms with Crippen molar-refractivity contribution in [2.75, 3.05) is 20.6 Å². The number of nitrogens with zero attached hydrogens (tertiary/aromatic N) is 1. The summed E-state index contributed by atoms with van der Waals surface area (Å²) in [7, 11) is -0.275. The second kappa shape index (κ2) is 9.35. The fourth-order valence-electron chi connectivity index (χ4n) is 2.46. The number of sulfonamides is 1. The topological polar surface area (TPSA) is 82.6 Å². The monoisotopic (exact) mass is 374 g/mol. The fraction of sp³-hybridized carbons (Fsp3) is 0.316. The molecule has 1 unspecified atom stereocenters. The molecular formula is C19H26N4O2S. The second-order valence-electron chi connectivity index (χ2n) is 5.97. The van der Waals surface area contributed by atoms with Gasteiger partial charge in [-0.3, -0.25) is 4.99 Å². The van der Waals surface area contributed by atoms with Gasteiger partial charge in [0, 0.05) is 20.1 Å². The van der Waals surface area contributed by atoms with Crippen molar-refractivity contribution in [1.29, 1.82) is 0 Å². The van der Waals surface area contributed by atoms with Crippen LogP contribution in [0.25, 0.3) is 0 Å². The molecule has 0 aliphatic heterocycles. The van der Waals surface area contributed by atoms with Gasteiger partial charge in [0.25, 0.3) is 0 Å². The lowest BCUT2D eigenvalue weighted by Gasteiger charge is -2.16.